The van der Waals surface area contributed by atoms with Gasteiger partial charge in [0.15, 0.2) is 0 Å². The molecule has 7 heteroatoms. The van der Waals surface area contributed by atoms with Crippen molar-refractivity contribution in [2.24, 2.45) is 0 Å². The van der Waals surface area contributed by atoms with E-state index in [9.17, 15) is 4.57 Å². The maximum absolute atomic E-state index is 13.0. The molecule has 1 aromatic carbocycles. The largest absolute Gasteiger partial charge is 0.369 e. The van der Waals surface area contributed by atoms with Gasteiger partial charge >= 0.3 is 7.60 Å². The first kappa shape index (κ1) is 17.1. The van der Waals surface area contributed by atoms with Crippen LogP contribution in [0.4, 0.5) is 5.69 Å². The SMILES string of the molecule is COP(=O)(OC)C1(Nc2ccc(Cl)c(Cl)c2)CCCCC1. The number of benzene rings is 1. The van der Waals surface area contributed by atoms with Crippen molar-refractivity contribution in [3.05, 3.63) is 28.2 Å². The maximum Gasteiger partial charge on any atom is 0.355 e. The Morgan fingerprint density at radius 2 is 1.71 bits per heavy atom. The van der Waals surface area contributed by atoms with Crippen LogP contribution in [0.25, 0.3) is 0 Å². The molecule has 2 rings (SSSR count). The normalized spacial score (nSPS) is 18.5. The highest BCUT2D eigenvalue weighted by molar-refractivity contribution is 7.55. The van der Waals surface area contributed by atoms with Crippen LogP contribution < -0.4 is 5.32 Å². The molecule has 0 bridgehead atoms. The van der Waals surface area contributed by atoms with E-state index in [1.807, 2.05) is 6.07 Å². The van der Waals surface area contributed by atoms with Gasteiger partial charge in [-0.1, -0.05) is 42.5 Å². The zero-order valence-electron chi connectivity index (χ0n) is 12.2. The summed E-state index contributed by atoms with van der Waals surface area (Å²) >= 11 is 12.0. The second-order valence-electron chi connectivity index (χ2n) is 5.21. The molecular weight excluding hydrogens is 332 g/mol. The summed E-state index contributed by atoms with van der Waals surface area (Å²) in [5.74, 6) is 0. The minimum atomic E-state index is -3.27. The Hall–Kier alpha value is -0.250. The summed E-state index contributed by atoms with van der Waals surface area (Å²) < 4.78 is 23.6. The summed E-state index contributed by atoms with van der Waals surface area (Å²) in [6.07, 6.45) is 4.53. The van der Waals surface area contributed by atoms with Gasteiger partial charge in [-0.15, -0.1) is 0 Å². The van der Waals surface area contributed by atoms with Crippen molar-refractivity contribution in [2.75, 3.05) is 19.5 Å². The number of rotatable bonds is 5. The van der Waals surface area contributed by atoms with E-state index < -0.39 is 12.9 Å². The number of nitrogens with one attached hydrogen (secondary N) is 1. The number of halogens is 2. The number of anilines is 1. The van der Waals surface area contributed by atoms with E-state index in [4.69, 9.17) is 32.2 Å². The fourth-order valence-corrected chi connectivity index (χ4v) is 5.15. The van der Waals surface area contributed by atoms with Gasteiger partial charge in [0.05, 0.1) is 10.0 Å². The predicted molar refractivity (Wildman–Crippen MR) is 87.5 cm³/mol. The Morgan fingerprint density at radius 1 is 1.10 bits per heavy atom. The maximum atomic E-state index is 13.0. The molecule has 1 fully saturated rings. The molecule has 0 radical (unpaired) electrons. The lowest BCUT2D eigenvalue weighted by Gasteiger charge is -2.42. The third kappa shape index (κ3) is 3.40. The van der Waals surface area contributed by atoms with Crippen molar-refractivity contribution in [1.29, 1.82) is 0 Å². The zero-order chi connectivity index (χ0) is 15.5. The molecule has 0 unspecified atom stereocenters. The van der Waals surface area contributed by atoms with Gasteiger partial charge in [-0.2, -0.15) is 0 Å². The van der Waals surface area contributed by atoms with E-state index in [2.05, 4.69) is 5.32 Å². The molecule has 1 N–H and O–H groups in total. The third-order valence-corrected chi connectivity index (χ3v) is 7.29. The highest BCUT2D eigenvalue weighted by Gasteiger charge is 2.50. The molecule has 1 saturated carbocycles. The van der Waals surface area contributed by atoms with Crippen LogP contribution >= 0.6 is 30.8 Å². The standard InChI is InChI=1S/C14H20Cl2NO3P/c1-19-21(18,20-2)14(8-4-3-5-9-14)17-11-6-7-12(15)13(16)10-11/h6-7,10,17H,3-5,8-9H2,1-2H3. The van der Waals surface area contributed by atoms with Gasteiger partial charge in [0.1, 0.15) is 5.28 Å². The molecule has 0 saturated heterocycles. The van der Waals surface area contributed by atoms with Crippen LogP contribution in [-0.4, -0.2) is 19.5 Å². The van der Waals surface area contributed by atoms with Crippen LogP contribution in [0.3, 0.4) is 0 Å². The first-order chi connectivity index (χ1) is 9.96. The lowest BCUT2D eigenvalue weighted by molar-refractivity contribution is 0.231. The molecule has 1 aromatic rings. The van der Waals surface area contributed by atoms with E-state index >= 15 is 0 Å². The van der Waals surface area contributed by atoms with Crippen LogP contribution in [0.5, 0.6) is 0 Å². The second kappa shape index (κ2) is 6.89. The van der Waals surface area contributed by atoms with Crippen molar-refractivity contribution in [3.63, 3.8) is 0 Å². The second-order valence-corrected chi connectivity index (χ2v) is 8.60. The monoisotopic (exact) mass is 351 g/mol. The van der Waals surface area contributed by atoms with Gasteiger partial charge < -0.3 is 14.4 Å². The third-order valence-electron chi connectivity index (χ3n) is 3.98. The lowest BCUT2D eigenvalue weighted by atomic mass is 9.94. The molecule has 0 heterocycles. The Balaban J connectivity index is 2.36. The average molecular weight is 352 g/mol. The van der Waals surface area contributed by atoms with Crippen molar-refractivity contribution >= 4 is 36.5 Å². The molecule has 0 amide bonds. The minimum Gasteiger partial charge on any atom is -0.369 e. The zero-order valence-corrected chi connectivity index (χ0v) is 14.6. The van der Waals surface area contributed by atoms with Crippen molar-refractivity contribution in [3.8, 4) is 0 Å². The van der Waals surface area contributed by atoms with E-state index in [-0.39, 0.29) is 0 Å². The fraction of sp³-hybridized carbons (Fsp3) is 0.571. The summed E-state index contributed by atoms with van der Waals surface area (Å²) in [6, 6.07) is 5.27. The Labute approximate surface area is 135 Å². The molecule has 4 nitrogen and oxygen atoms in total. The van der Waals surface area contributed by atoms with Crippen molar-refractivity contribution < 1.29 is 13.6 Å². The van der Waals surface area contributed by atoms with Crippen LogP contribution in [0.15, 0.2) is 18.2 Å². The van der Waals surface area contributed by atoms with Crippen molar-refractivity contribution in [2.45, 2.75) is 37.4 Å². The Bertz CT molecular complexity index is 539. The number of hydrogen-bond donors (Lipinski definition) is 1. The van der Waals surface area contributed by atoms with Crippen LogP contribution in [0.1, 0.15) is 32.1 Å². The van der Waals surface area contributed by atoms with Crippen LogP contribution in [-0.2, 0) is 13.6 Å². The van der Waals surface area contributed by atoms with E-state index in [1.54, 1.807) is 12.1 Å². The summed E-state index contributed by atoms with van der Waals surface area (Å²) in [5, 5.41) is 3.58. The van der Waals surface area contributed by atoms with Crippen LogP contribution in [0.2, 0.25) is 10.0 Å². The van der Waals surface area contributed by atoms with Gasteiger partial charge in [0.2, 0.25) is 0 Å². The summed E-state index contributed by atoms with van der Waals surface area (Å²) in [4.78, 5) is 0. The summed E-state index contributed by atoms with van der Waals surface area (Å²) in [7, 11) is -0.412. The topological polar surface area (TPSA) is 47.6 Å². The van der Waals surface area contributed by atoms with Gasteiger partial charge in [0, 0.05) is 19.9 Å². The molecule has 118 valence electrons. The highest BCUT2D eigenvalue weighted by Crippen LogP contribution is 2.64. The Kier molecular flexibility index (Phi) is 5.61. The van der Waals surface area contributed by atoms with Crippen molar-refractivity contribution in [1.82, 2.24) is 0 Å². The first-order valence-electron chi connectivity index (χ1n) is 6.91. The Morgan fingerprint density at radius 3 is 2.24 bits per heavy atom. The van der Waals surface area contributed by atoms with Gasteiger partial charge in [0.25, 0.3) is 0 Å². The number of hydrogen-bond acceptors (Lipinski definition) is 4. The van der Waals surface area contributed by atoms with E-state index in [1.165, 1.54) is 14.2 Å². The molecule has 0 aromatic heterocycles. The first-order valence-corrected chi connectivity index (χ1v) is 9.21. The van der Waals surface area contributed by atoms with Gasteiger partial charge in [-0.25, -0.2) is 0 Å². The molecule has 0 spiro atoms. The molecule has 21 heavy (non-hydrogen) atoms. The highest BCUT2D eigenvalue weighted by atomic mass is 35.5. The lowest BCUT2D eigenvalue weighted by Crippen LogP contribution is -2.41. The molecular formula is C14H20Cl2NO3P. The predicted octanol–water partition coefficient (Wildman–Crippen LogP) is 5.55. The molecule has 1 aliphatic carbocycles. The summed E-state index contributed by atoms with van der Waals surface area (Å²) in [5.41, 5.74) is 0.764. The molecule has 0 aliphatic heterocycles. The summed E-state index contributed by atoms with van der Waals surface area (Å²) in [6.45, 7) is 0. The van der Waals surface area contributed by atoms with E-state index in [0.29, 0.717) is 10.0 Å². The van der Waals surface area contributed by atoms with Gasteiger partial charge in [-0.05, 0) is 31.0 Å². The minimum absolute atomic E-state index is 0.456. The average Bonchev–Trinajstić information content (AvgIpc) is 2.51. The quantitative estimate of drug-likeness (QED) is 0.706. The van der Waals surface area contributed by atoms with E-state index in [0.717, 1.165) is 37.8 Å². The fourth-order valence-electron chi connectivity index (χ4n) is 2.87. The van der Waals surface area contributed by atoms with Gasteiger partial charge in [-0.3, -0.25) is 4.57 Å². The van der Waals surface area contributed by atoms with Crippen LogP contribution in [0, 0.1) is 0 Å². The smallest absolute Gasteiger partial charge is 0.355 e. The molecule has 1 aliphatic rings. The molecule has 0 atom stereocenters.